The van der Waals surface area contributed by atoms with Crippen LogP contribution in [0.3, 0.4) is 0 Å². The van der Waals surface area contributed by atoms with Gasteiger partial charge in [-0.05, 0) is 36.5 Å². The number of likely N-dealkylation sites (tertiary alicyclic amines) is 1. The summed E-state index contributed by atoms with van der Waals surface area (Å²) in [5, 5.41) is 19.0. The summed E-state index contributed by atoms with van der Waals surface area (Å²) in [5.74, 6) is 0.0105. The minimum absolute atomic E-state index is 0.113. The minimum atomic E-state index is -1.65. The number of carbonyl (C=O) groups is 2. The molecule has 1 saturated carbocycles. The first-order valence-electron chi connectivity index (χ1n) is 8.35. The van der Waals surface area contributed by atoms with Gasteiger partial charge in [-0.1, -0.05) is 20.8 Å². The number of aliphatic hydroxyl groups is 1. The zero-order valence-electron chi connectivity index (χ0n) is 14.0. The van der Waals surface area contributed by atoms with Crippen LogP contribution in [-0.2, 0) is 9.59 Å². The Balaban J connectivity index is 1.87. The Labute approximate surface area is 132 Å². The number of hydrogen-bond acceptors (Lipinski definition) is 3. The molecule has 0 radical (unpaired) electrons. The molecule has 5 heteroatoms. The Morgan fingerprint density at radius 3 is 2.27 bits per heavy atom. The van der Waals surface area contributed by atoms with Gasteiger partial charge in [-0.15, -0.1) is 0 Å². The van der Waals surface area contributed by atoms with Crippen LogP contribution in [0.1, 0.15) is 59.3 Å². The van der Waals surface area contributed by atoms with E-state index in [0.29, 0.717) is 36.8 Å². The van der Waals surface area contributed by atoms with E-state index in [0.717, 1.165) is 12.8 Å². The first-order chi connectivity index (χ1) is 10.1. The van der Waals surface area contributed by atoms with Gasteiger partial charge in [-0.3, -0.25) is 4.79 Å². The van der Waals surface area contributed by atoms with Crippen molar-refractivity contribution in [2.75, 3.05) is 13.1 Å². The SMILES string of the molecule is CC1CC(CC(=O)N2CCC(O)(C(=O)O)CC2)CC(C)(C)C1. The van der Waals surface area contributed by atoms with Crippen LogP contribution in [0.5, 0.6) is 0 Å². The zero-order valence-corrected chi connectivity index (χ0v) is 14.0. The Kier molecular flexibility index (Phi) is 4.85. The molecule has 0 bridgehead atoms. The van der Waals surface area contributed by atoms with Crippen LogP contribution in [0.15, 0.2) is 0 Å². The predicted molar refractivity (Wildman–Crippen MR) is 83.3 cm³/mol. The summed E-state index contributed by atoms with van der Waals surface area (Å²) < 4.78 is 0. The van der Waals surface area contributed by atoms with Crippen molar-refractivity contribution in [3.63, 3.8) is 0 Å². The zero-order chi connectivity index (χ0) is 16.5. The van der Waals surface area contributed by atoms with E-state index in [-0.39, 0.29) is 18.7 Å². The summed E-state index contributed by atoms with van der Waals surface area (Å²) in [6.07, 6.45) is 4.20. The molecule has 5 nitrogen and oxygen atoms in total. The van der Waals surface area contributed by atoms with Crippen LogP contribution < -0.4 is 0 Å². The van der Waals surface area contributed by atoms with Crippen molar-refractivity contribution in [1.82, 2.24) is 4.90 Å². The van der Waals surface area contributed by atoms with Gasteiger partial charge in [0.05, 0.1) is 0 Å². The second-order valence-electron chi connectivity index (χ2n) is 8.20. The highest BCUT2D eigenvalue weighted by atomic mass is 16.4. The number of carboxylic acid groups (broad SMARTS) is 1. The third-order valence-electron chi connectivity index (χ3n) is 5.28. The highest BCUT2D eigenvalue weighted by molar-refractivity contribution is 5.79. The molecule has 2 N–H and O–H groups in total. The molecule has 1 aliphatic heterocycles. The normalized spacial score (nSPS) is 30.8. The lowest BCUT2D eigenvalue weighted by molar-refractivity contribution is -0.165. The topological polar surface area (TPSA) is 77.8 Å². The maximum Gasteiger partial charge on any atom is 0.335 e. The maximum absolute atomic E-state index is 12.5. The van der Waals surface area contributed by atoms with Crippen LogP contribution in [0.4, 0.5) is 0 Å². The molecule has 2 rings (SSSR count). The molecule has 2 unspecified atom stereocenters. The van der Waals surface area contributed by atoms with Crippen molar-refractivity contribution in [3.05, 3.63) is 0 Å². The highest BCUT2D eigenvalue weighted by Crippen LogP contribution is 2.43. The lowest BCUT2D eigenvalue weighted by atomic mass is 9.67. The molecule has 22 heavy (non-hydrogen) atoms. The summed E-state index contributed by atoms with van der Waals surface area (Å²) in [5.41, 5.74) is -1.35. The van der Waals surface area contributed by atoms with Crippen molar-refractivity contribution in [2.45, 2.75) is 64.9 Å². The maximum atomic E-state index is 12.5. The molecule has 1 amide bonds. The molecule has 1 aliphatic carbocycles. The van der Waals surface area contributed by atoms with Crippen LogP contribution in [0, 0.1) is 17.3 Å². The van der Waals surface area contributed by atoms with Gasteiger partial charge in [-0.25, -0.2) is 4.79 Å². The van der Waals surface area contributed by atoms with E-state index in [1.54, 1.807) is 4.90 Å². The number of carbonyl (C=O) groups excluding carboxylic acids is 1. The van der Waals surface area contributed by atoms with Gasteiger partial charge in [0.25, 0.3) is 0 Å². The number of hydrogen-bond donors (Lipinski definition) is 2. The molecule has 0 spiro atoms. The average molecular weight is 311 g/mol. The average Bonchev–Trinajstić information content (AvgIpc) is 2.36. The first-order valence-corrected chi connectivity index (χ1v) is 8.35. The molecule has 126 valence electrons. The molecular weight excluding hydrogens is 282 g/mol. The van der Waals surface area contributed by atoms with Crippen LogP contribution >= 0.6 is 0 Å². The molecule has 0 aromatic heterocycles. The fraction of sp³-hybridized carbons (Fsp3) is 0.882. The smallest absolute Gasteiger partial charge is 0.335 e. The highest BCUT2D eigenvalue weighted by Gasteiger charge is 2.41. The fourth-order valence-corrected chi connectivity index (χ4v) is 4.42. The van der Waals surface area contributed by atoms with E-state index in [1.165, 1.54) is 6.42 Å². The Morgan fingerprint density at radius 1 is 1.18 bits per heavy atom. The van der Waals surface area contributed by atoms with Gasteiger partial charge in [0.2, 0.25) is 5.91 Å². The minimum Gasteiger partial charge on any atom is -0.479 e. The number of carboxylic acids is 1. The summed E-state index contributed by atoms with van der Waals surface area (Å²) >= 11 is 0. The van der Waals surface area contributed by atoms with Gasteiger partial charge in [0.15, 0.2) is 5.60 Å². The summed E-state index contributed by atoms with van der Waals surface area (Å²) in [7, 11) is 0. The number of piperidine rings is 1. The van der Waals surface area contributed by atoms with E-state index in [1.807, 2.05) is 0 Å². The second kappa shape index (κ2) is 6.19. The van der Waals surface area contributed by atoms with Crippen molar-refractivity contribution in [3.8, 4) is 0 Å². The number of amides is 1. The van der Waals surface area contributed by atoms with Crippen molar-refractivity contribution in [1.29, 1.82) is 0 Å². The standard InChI is InChI=1S/C17H29NO4/c1-12-8-13(11-16(2,3)10-12)9-14(19)18-6-4-17(22,5-7-18)15(20)21/h12-13,22H,4-11H2,1-3H3,(H,20,21). The predicted octanol–water partition coefficient (Wildman–Crippen LogP) is 2.28. The molecular formula is C17H29NO4. The lowest BCUT2D eigenvalue weighted by Crippen LogP contribution is -2.51. The monoisotopic (exact) mass is 311 g/mol. The van der Waals surface area contributed by atoms with Crippen LogP contribution in [0.25, 0.3) is 0 Å². The fourth-order valence-electron chi connectivity index (χ4n) is 4.42. The molecule has 2 atom stereocenters. The quantitative estimate of drug-likeness (QED) is 0.838. The Bertz CT molecular complexity index is 438. The van der Waals surface area contributed by atoms with Crippen molar-refractivity contribution in [2.24, 2.45) is 17.3 Å². The number of rotatable bonds is 3. The number of aliphatic carboxylic acids is 1. The van der Waals surface area contributed by atoms with E-state index in [2.05, 4.69) is 20.8 Å². The van der Waals surface area contributed by atoms with E-state index >= 15 is 0 Å². The summed E-state index contributed by atoms with van der Waals surface area (Å²) in [4.78, 5) is 25.2. The Morgan fingerprint density at radius 2 is 1.77 bits per heavy atom. The van der Waals surface area contributed by atoms with Gasteiger partial charge < -0.3 is 15.1 Å². The van der Waals surface area contributed by atoms with Gasteiger partial charge in [0.1, 0.15) is 0 Å². The van der Waals surface area contributed by atoms with Gasteiger partial charge in [0, 0.05) is 32.4 Å². The molecule has 1 saturated heterocycles. The number of nitrogens with zero attached hydrogens (tertiary/aromatic N) is 1. The summed E-state index contributed by atoms with van der Waals surface area (Å²) in [6.45, 7) is 7.48. The Hall–Kier alpha value is -1.10. The largest absolute Gasteiger partial charge is 0.479 e. The van der Waals surface area contributed by atoms with Crippen LogP contribution in [-0.4, -0.2) is 45.7 Å². The molecule has 2 aliphatic rings. The summed E-state index contributed by atoms with van der Waals surface area (Å²) in [6, 6.07) is 0. The molecule has 0 aromatic carbocycles. The van der Waals surface area contributed by atoms with E-state index < -0.39 is 11.6 Å². The molecule has 2 fully saturated rings. The third kappa shape index (κ3) is 4.00. The van der Waals surface area contributed by atoms with E-state index in [4.69, 9.17) is 5.11 Å². The van der Waals surface area contributed by atoms with Gasteiger partial charge >= 0.3 is 5.97 Å². The lowest BCUT2D eigenvalue weighted by Gasteiger charge is -2.40. The second-order valence-corrected chi connectivity index (χ2v) is 8.20. The third-order valence-corrected chi connectivity index (χ3v) is 5.28. The van der Waals surface area contributed by atoms with Crippen molar-refractivity contribution < 1.29 is 19.8 Å². The van der Waals surface area contributed by atoms with Gasteiger partial charge in [-0.2, -0.15) is 0 Å². The first kappa shape index (κ1) is 17.3. The van der Waals surface area contributed by atoms with Crippen LogP contribution in [0.2, 0.25) is 0 Å². The van der Waals surface area contributed by atoms with Crippen molar-refractivity contribution >= 4 is 11.9 Å². The molecule has 0 aromatic rings. The van der Waals surface area contributed by atoms with E-state index in [9.17, 15) is 14.7 Å². The molecule has 1 heterocycles.